The third-order valence-corrected chi connectivity index (χ3v) is 4.60. The summed E-state index contributed by atoms with van der Waals surface area (Å²) in [5, 5.41) is 0. The van der Waals surface area contributed by atoms with E-state index in [2.05, 4.69) is 22.6 Å². The van der Waals surface area contributed by atoms with Crippen LogP contribution in [0.1, 0.15) is 10.4 Å². The minimum Gasteiger partial charge on any atom is -0.436 e. The van der Waals surface area contributed by atoms with Crippen LogP contribution in [-0.4, -0.2) is 16.3 Å². The molecular weight excluding hydrogens is 360 g/mol. The van der Waals surface area contributed by atoms with Gasteiger partial charge >= 0.3 is 0 Å². The molecule has 0 fully saturated rings. The van der Waals surface area contributed by atoms with Crippen LogP contribution in [0.2, 0.25) is 0 Å². The number of thiol groups is 1. The zero-order chi connectivity index (χ0) is 18.4. The van der Waals surface area contributed by atoms with Gasteiger partial charge in [-0.15, -0.1) is 12.6 Å². The van der Waals surface area contributed by atoms with Crippen molar-refractivity contribution in [2.75, 3.05) is 0 Å². The number of carbonyl (C=O) groups is 1. The molecule has 130 valence electrons. The Hall–Kier alpha value is -3.38. The van der Waals surface area contributed by atoms with Crippen molar-refractivity contribution in [3.8, 4) is 22.9 Å². The first-order valence-electron chi connectivity index (χ1n) is 8.26. The maximum Gasteiger partial charge on any atom is 0.227 e. The lowest BCUT2D eigenvalue weighted by Gasteiger charge is -1.94. The van der Waals surface area contributed by atoms with Gasteiger partial charge in [0, 0.05) is 33.7 Å². The van der Waals surface area contributed by atoms with Gasteiger partial charge in [0.15, 0.2) is 11.2 Å². The summed E-state index contributed by atoms with van der Waals surface area (Å²) in [6, 6.07) is 18.3. The van der Waals surface area contributed by atoms with E-state index in [1.165, 1.54) is 0 Å². The third-order valence-electron chi connectivity index (χ3n) is 4.31. The van der Waals surface area contributed by atoms with E-state index in [1.807, 2.05) is 36.4 Å². The number of carbonyl (C=O) groups excluding carboxylic acids is 1. The number of aromatic nitrogens is 2. The van der Waals surface area contributed by atoms with Crippen LogP contribution >= 0.6 is 12.6 Å². The Bertz CT molecular complexity index is 1230. The number of aldehydes is 1. The van der Waals surface area contributed by atoms with E-state index >= 15 is 0 Å². The van der Waals surface area contributed by atoms with Gasteiger partial charge in [-0.25, -0.2) is 9.97 Å². The molecule has 0 N–H and O–H groups in total. The standard InChI is InChI=1S/C21H12N2O3S/c24-11-12-1-3-13(4-2-12)20-22-16-9-19-17(10-18(16)25-20)23-21(26-19)14-5-7-15(27)8-6-14/h1-11,27H. The van der Waals surface area contributed by atoms with Crippen molar-refractivity contribution >= 4 is 41.1 Å². The lowest BCUT2D eigenvalue weighted by molar-refractivity contribution is 0.112. The van der Waals surface area contributed by atoms with Crippen molar-refractivity contribution in [2.45, 2.75) is 4.90 Å². The van der Waals surface area contributed by atoms with Crippen molar-refractivity contribution < 1.29 is 13.6 Å². The topological polar surface area (TPSA) is 69.1 Å². The van der Waals surface area contributed by atoms with E-state index in [0.717, 1.165) is 22.3 Å². The molecule has 0 aliphatic rings. The fourth-order valence-corrected chi connectivity index (χ4v) is 3.05. The average Bonchev–Trinajstić information content (AvgIpc) is 3.29. The Morgan fingerprint density at radius 2 is 1.22 bits per heavy atom. The second-order valence-electron chi connectivity index (χ2n) is 6.11. The first-order chi connectivity index (χ1) is 13.2. The van der Waals surface area contributed by atoms with Crippen LogP contribution in [0.5, 0.6) is 0 Å². The average molecular weight is 372 g/mol. The predicted molar refractivity (Wildman–Crippen MR) is 105 cm³/mol. The molecule has 5 aromatic rings. The monoisotopic (exact) mass is 372 g/mol. The number of hydrogen-bond acceptors (Lipinski definition) is 6. The highest BCUT2D eigenvalue weighted by atomic mass is 32.1. The molecule has 5 nitrogen and oxygen atoms in total. The molecule has 3 aromatic carbocycles. The summed E-state index contributed by atoms with van der Waals surface area (Å²) in [6.45, 7) is 0. The summed E-state index contributed by atoms with van der Waals surface area (Å²) >= 11 is 4.29. The van der Waals surface area contributed by atoms with Gasteiger partial charge in [-0.2, -0.15) is 0 Å². The van der Waals surface area contributed by atoms with Gasteiger partial charge < -0.3 is 8.83 Å². The fourth-order valence-electron chi connectivity index (χ4n) is 2.90. The smallest absolute Gasteiger partial charge is 0.227 e. The van der Waals surface area contributed by atoms with E-state index in [4.69, 9.17) is 8.83 Å². The largest absolute Gasteiger partial charge is 0.436 e. The van der Waals surface area contributed by atoms with Crippen molar-refractivity contribution in [3.05, 3.63) is 66.2 Å². The molecule has 2 aromatic heterocycles. The lowest BCUT2D eigenvalue weighted by atomic mass is 10.1. The number of rotatable bonds is 3. The quantitative estimate of drug-likeness (QED) is 0.339. The first kappa shape index (κ1) is 15.8. The van der Waals surface area contributed by atoms with Gasteiger partial charge in [0.1, 0.15) is 17.3 Å². The molecule has 2 heterocycles. The molecule has 0 aliphatic heterocycles. The minimum absolute atomic E-state index is 0.486. The summed E-state index contributed by atoms with van der Waals surface area (Å²) in [5.74, 6) is 1.02. The van der Waals surface area contributed by atoms with Crippen LogP contribution in [0.3, 0.4) is 0 Å². The van der Waals surface area contributed by atoms with E-state index in [0.29, 0.717) is 39.5 Å². The summed E-state index contributed by atoms with van der Waals surface area (Å²) < 4.78 is 11.8. The number of oxazole rings is 2. The van der Waals surface area contributed by atoms with Crippen LogP contribution in [0.15, 0.2) is 74.4 Å². The Kier molecular flexibility index (Phi) is 3.58. The van der Waals surface area contributed by atoms with E-state index in [9.17, 15) is 4.79 Å². The lowest BCUT2D eigenvalue weighted by Crippen LogP contribution is -1.80. The van der Waals surface area contributed by atoms with Gasteiger partial charge in [0.2, 0.25) is 11.8 Å². The van der Waals surface area contributed by atoms with Gasteiger partial charge in [-0.05, 0) is 36.4 Å². The highest BCUT2D eigenvalue weighted by Crippen LogP contribution is 2.31. The third kappa shape index (κ3) is 2.80. The number of fused-ring (bicyclic) bond motifs is 2. The van der Waals surface area contributed by atoms with Crippen molar-refractivity contribution in [1.82, 2.24) is 9.97 Å². The summed E-state index contributed by atoms with van der Waals surface area (Å²) in [6.07, 6.45) is 0.803. The molecule has 0 atom stereocenters. The van der Waals surface area contributed by atoms with E-state index < -0.39 is 0 Å². The van der Waals surface area contributed by atoms with Crippen molar-refractivity contribution in [2.24, 2.45) is 0 Å². The maximum atomic E-state index is 10.8. The van der Waals surface area contributed by atoms with Crippen molar-refractivity contribution in [3.63, 3.8) is 0 Å². The predicted octanol–water partition coefficient (Wildman–Crippen LogP) is 5.40. The van der Waals surface area contributed by atoms with Gasteiger partial charge in [0.05, 0.1) is 0 Å². The first-order valence-corrected chi connectivity index (χ1v) is 8.70. The molecule has 0 unspecified atom stereocenters. The second-order valence-corrected chi connectivity index (χ2v) is 6.63. The molecule has 5 rings (SSSR count). The normalized spacial score (nSPS) is 11.3. The molecule has 0 saturated heterocycles. The maximum absolute atomic E-state index is 10.8. The number of hydrogen-bond donors (Lipinski definition) is 1. The molecule has 0 aliphatic carbocycles. The van der Waals surface area contributed by atoms with Crippen LogP contribution in [0.25, 0.3) is 45.1 Å². The summed E-state index contributed by atoms with van der Waals surface area (Å²) in [7, 11) is 0. The van der Waals surface area contributed by atoms with Crippen LogP contribution < -0.4 is 0 Å². The Morgan fingerprint density at radius 3 is 1.70 bits per heavy atom. The summed E-state index contributed by atoms with van der Waals surface area (Å²) in [5.41, 5.74) is 4.94. The van der Waals surface area contributed by atoms with E-state index in [-0.39, 0.29) is 0 Å². The Labute approximate surface area is 159 Å². The van der Waals surface area contributed by atoms with Crippen LogP contribution in [-0.2, 0) is 0 Å². The SMILES string of the molecule is O=Cc1ccc(-c2nc3cc4oc(-c5ccc(S)cc5)nc4cc3o2)cc1. The molecule has 0 bridgehead atoms. The molecule has 0 saturated carbocycles. The minimum atomic E-state index is 0.486. The molecule has 27 heavy (non-hydrogen) atoms. The van der Waals surface area contributed by atoms with Gasteiger partial charge in [-0.1, -0.05) is 12.1 Å². The molecular formula is C21H12N2O3S. The fraction of sp³-hybridized carbons (Fsp3) is 0. The highest BCUT2D eigenvalue weighted by molar-refractivity contribution is 7.80. The van der Waals surface area contributed by atoms with Crippen LogP contribution in [0, 0.1) is 0 Å². The Morgan fingerprint density at radius 1 is 0.741 bits per heavy atom. The van der Waals surface area contributed by atoms with Gasteiger partial charge in [0.25, 0.3) is 0 Å². The number of benzene rings is 3. The second kappa shape index (κ2) is 6.10. The van der Waals surface area contributed by atoms with Gasteiger partial charge in [-0.3, -0.25) is 4.79 Å². The highest BCUT2D eigenvalue weighted by Gasteiger charge is 2.14. The van der Waals surface area contributed by atoms with E-state index in [1.54, 1.807) is 24.3 Å². The zero-order valence-electron chi connectivity index (χ0n) is 13.9. The number of nitrogens with zero attached hydrogens (tertiary/aromatic N) is 2. The molecule has 0 spiro atoms. The zero-order valence-corrected chi connectivity index (χ0v) is 14.8. The summed E-state index contributed by atoms with van der Waals surface area (Å²) in [4.78, 5) is 20.7. The van der Waals surface area contributed by atoms with Crippen molar-refractivity contribution in [1.29, 1.82) is 0 Å². The molecule has 0 amide bonds. The van der Waals surface area contributed by atoms with Crippen LogP contribution in [0.4, 0.5) is 0 Å². The molecule has 6 heteroatoms. The Balaban J connectivity index is 1.57. The molecule has 0 radical (unpaired) electrons.